The molecule has 0 N–H and O–H groups in total. The number of fused-ring (bicyclic) bond motifs is 3. The molecule has 7 nitrogen and oxygen atoms in total. The molecule has 2 aliphatic heterocycles. The van der Waals surface area contributed by atoms with E-state index in [1.54, 1.807) is 6.92 Å². The summed E-state index contributed by atoms with van der Waals surface area (Å²) >= 11 is 6.01. The SMILES string of the molecule is Cc1ccc(F)c2c1[C@@]1(S(=O)(=O)c3ccc(Cl)cc3)CCCN(C(=O)CCS(=O)(=O)C3CC3)[C@H]1CO2. The van der Waals surface area contributed by atoms with Gasteiger partial charge in [-0.25, -0.2) is 21.2 Å². The van der Waals surface area contributed by atoms with Gasteiger partial charge < -0.3 is 9.64 Å². The van der Waals surface area contributed by atoms with Crippen molar-refractivity contribution in [2.24, 2.45) is 0 Å². The topological polar surface area (TPSA) is 97.8 Å². The van der Waals surface area contributed by atoms with Crippen molar-refractivity contribution in [1.29, 1.82) is 0 Å². The zero-order valence-electron chi connectivity index (χ0n) is 19.7. The van der Waals surface area contributed by atoms with E-state index in [4.69, 9.17) is 16.3 Å². The molecule has 11 heteroatoms. The van der Waals surface area contributed by atoms with Gasteiger partial charge in [0.25, 0.3) is 0 Å². The molecule has 5 rings (SSSR count). The van der Waals surface area contributed by atoms with Crippen LogP contribution < -0.4 is 4.74 Å². The number of hydrogen-bond acceptors (Lipinski definition) is 6. The van der Waals surface area contributed by atoms with E-state index in [9.17, 15) is 26.0 Å². The summed E-state index contributed by atoms with van der Waals surface area (Å²) in [7, 11) is -7.54. The van der Waals surface area contributed by atoms with Gasteiger partial charge >= 0.3 is 0 Å². The first-order valence-electron chi connectivity index (χ1n) is 11.9. The first-order chi connectivity index (χ1) is 17.0. The lowest BCUT2D eigenvalue weighted by molar-refractivity contribution is -0.137. The van der Waals surface area contributed by atoms with Crippen molar-refractivity contribution in [2.45, 2.75) is 60.0 Å². The molecule has 2 aromatic carbocycles. The molecule has 0 radical (unpaired) electrons. The minimum atomic E-state index is -4.18. The molecule has 0 spiro atoms. The summed E-state index contributed by atoms with van der Waals surface area (Å²) in [6.07, 6.45) is 1.50. The molecule has 3 aliphatic rings. The number of amides is 1. The second kappa shape index (κ2) is 8.99. The van der Waals surface area contributed by atoms with Crippen molar-refractivity contribution >= 4 is 37.2 Å². The molecule has 1 saturated heterocycles. The van der Waals surface area contributed by atoms with Crippen LogP contribution in [0.15, 0.2) is 41.3 Å². The Hall–Kier alpha value is -2.17. The van der Waals surface area contributed by atoms with Crippen molar-refractivity contribution in [3.63, 3.8) is 0 Å². The molecule has 194 valence electrons. The minimum absolute atomic E-state index is 0.0130. The number of sulfone groups is 2. The molecule has 2 heterocycles. The van der Waals surface area contributed by atoms with Crippen LogP contribution in [0.4, 0.5) is 4.39 Å². The number of carbonyl (C=O) groups excluding carboxylic acids is 1. The van der Waals surface area contributed by atoms with E-state index < -0.39 is 42.2 Å². The van der Waals surface area contributed by atoms with Crippen molar-refractivity contribution in [2.75, 3.05) is 18.9 Å². The Morgan fingerprint density at radius 2 is 1.83 bits per heavy atom. The van der Waals surface area contributed by atoms with E-state index in [0.717, 1.165) is 0 Å². The molecule has 1 amide bonds. The third-order valence-electron chi connectivity index (χ3n) is 7.54. The lowest BCUT2D eigenvalue weighted by Gasteiger charge is -2.52. The standard InChI is InChI=1S/C25H27ClFNO6S2/c1-16-3-10-20(27)24-23(16)25(36(32,33)19-6-4-17(26)5-7-19)12-2-13-28(21(25)15-34-24)22(29)11-14-35(30,31)18-8-9-18/h3-7,10,18,21H,2,8-9,11-15H2,1H3/t21-,25+/m0/s1. The largest absolute Gasteiger partial charge is 0.488 e. The van der Waals surface area contributed by atoms with E-state index in [1.807, 2.05) is 0 Å². The number of benzene rings is 2. The molecule has 0 unspecified atom stereocenters. The van der Waals surface area contributed by atoms with Gasteiger partial charge in [-0.3, -0.25) is 4.79 Å². The summed E-state index contributed by atoms with van der Waals surface area (Å²) in [4.78, 5) is 14.8. The highest BCUT2D eigenvalue weighted by Crippen LogP contribution is 2.54. The molecular weight excluding hydrogens is 529 g/mol. The molecule has 1 saturated carbocycles. The molecule has 0 aromatic heterocycles. The zero-order chi connectivity index (χ0) is 25.9. The summed E-state index contributed by atoms with van der Waals surface area (Å²) < 4.78 is 72.7. The Kier molecular flexibility index (Phi) is 6.36. The van der Waals surface area contributed by atoms with Crippen LogP contribution in [-0.2, 0) is 29.2 Å². The summed E-state index contributed by atoms with van der Waals surface area (Å²) in [6.45, 7) is 1.74. The summed E-state index contributed by atoms with van der Waals surface area (Å²) in [5, 5.41) is -0.0125. The Morgan fingerprint density at radius 1 is 1.14 bits per heavy atom. The van der Waals surface area contributed by atoms with Gasteiger partial charge in [-0.15, -0.1) is 0 Å². The van der Waals surface area contributed by atoms with E-state index >= 15 is 0 Å². The van der Waals surface area contributed by atoms with Gasteiger partial charge in [0.15, 0.2) is 31.2 Å². The quantitative estimate of drug-likeness (QED) is 0.538. The maximum atomic E-state index is 14.9. The van der Waals surface area contributed by atoms with E-state index in [1.165, 1.54) is 41.3 Å². The van der Waals surface area contributed by atoms with E-state index in [2.05, 4.69) is 0 Å². The van der Waals surface area contributed by atoms with Crippen LogP contribution in [0.2, 0.25) is 5.02 Å². The fraction of sp³-hybridized carbons (Fsp3) is 0.480. The van der Waals surface area contributed by atoms with Crippen LogP contribution in [0.1, 0.15) is 43.2 Å². The number of ether oxygens (including phenoxy) is 1. The van der Waals surface area contributed by atoms with Crippen molar-refractivity contribution in [3.05, 3.63) is 58.4 Å². The minimum Gasteiger partial charge on any atom is -0.488 e. The summed E-state index contributed by atoms with van der Waals surface area (Å²) in [5.74, 6) is -1.50. The lowest BCUT2D eigenvalue weighted by atomic mass is 9.78. The maximum absolute atomic E-state index is 14.9. The fourth-order valence-electron chi connectivity index (χ4n) is 5.62. The molecule has 1 aliphatic carbocycles. The first kappa shape index (κ1) is 25.5. The third-order valence-corrected chi connectivity index (χ3v) is 12.6. The van der Waals surface area contributed by atoms with Crippen LogP contribution in [0.3, 0.4) is 0 Å². The normalized spacial score (nSPS) is 24.0. The van der Waals surface area contributed by atoms with E-state index in [-0.39, 0.29) is 53.2 Å². The molecule has 36 heavy (non-hydrogen) atoms. The number of hydrogen-bond donors (Lipinski definition) is 0. The Labute approximate surface area is 215 Å². The number of aryl methyl sites for hydroxylation is 1. The predicted molar refractivity (Wildman–Crippen MR) is 133 cm³/mol. The van der Waals surface area contributed by atoms with Gasteiger partial charge in [-0.2, -0.15) is 0 Å². The first-order valence-corrected chi connectivity index (χ1v) is 15.5. The highest BCUT2D eigenvalue weighted by Gasteiger charge is 2.60. The number of nitrogens with zero attached hydrogens (tertiary/aromatic N) is 1. The van der Waals surface area contributed by atoms with Crippen molar-refractivity contribution in [3.8, 4) is 5.75 Å². The van der Waals surface area contributed by atoms with Crippen LogP contribution in [0.5, 0.6) is 5.75 Å². The number of likely N-dealkylation sites (tertiary alicyclic amines) is 1. The predicted octanol–water partition coefficient (Wildman–Crippen LogP) is 3.81. The number of rotatable bonds is 6. The van der Waals surface area contributed by atoms with Gasteiger partial charge in [0.2, 0.25) is 5.91 Å². The molecule has 2 atom stereocenters. The maximum Gasteiger partial charge on any atom is 0.224 e. The number of piperidine rings is 1. The van der Waals surface area contributed by atoms with Gasteiger partial charge in [0.05, 0.1) is 21.9 Å². The van der Waals surface area contributed by atoms with E-state index in [0.29, 0.717) is 29.8 Å². The second-order valence-corrected chi connectivity index (χ2v) is 14.8. The average Bonchev–Trinajstić information content (AvgIpc) is 3.70. The highest BCUT2D eigenvalue weighted by molar-refractivity contribution is 7.92. The van der Waals surface area contributed by atoms with Gasteiger partial charge in [-0.1, -0.05) is 17.7 Å². The van der Waals surface area contributed by atoms with Crippen LogP contribution in [-0.4, -0.2) is 57.8 Å². The van der Waals surface area contributed by atoms with Gasteiger partial charge in [-0.05, 0) is 68.5 Å². The monoisotopic (exact) mass is 555 g/mol. The van der Waals surface area contributed by atoms with Gasteiger partial charge in [0.1, 0.15) is 11.4 Å². The summed E-state index contributed by atoms with van der Waals surface area (Å²) in [6, 6.07) is 7.59. The van der Waals surface area contributed by atoms with Crippen molar-refractivity contribution < 1.29 is 30.8 Å². The van der Waals surface area contributed by atoms with Crippen LogP contribution in [0, 0.1) is 12.7 Å². The van der Waals surface area contributed by atoms with Crippen LogP contribution in [0.25, 0.3) is 0 Å². The van der Waals surface area contributed by atoms with Crippen molar-refractivity contribution in [1.82, 2.24) is 4.90 Å². The second-order valence-electron chi connectivity index (χ2n) is 9.75. The Balaban J connectivity index is 1.62. The number of halogens is 2. The number of carbonyl (C=O) groups is 1. The zero-order valence-corrected chi connectivity index (χ0v) is 22.1. The fourth-order valence-corrected chi connectivity index (χ4v) is 9.80. The van der Waals surface area contributed by atoms with Crippen LogP contribution >= 0.6 is 11.6 Å². The molecular formula is C25H27ClFNO6S2. The smallest absolute Gasteiger partial charge is 0.224 e. The molecule has 2 fully saturated rings. The summed E-state index contributed by atoms with van der Waals surface area (Å²) in [5.41, 5.74) is 0.760. The Morgan fingerprint density at radius 3 is 2.50 bits per heavy atom. The lowest BCUT2D eigenvalue weighted by Crippen LogP contribution is -2.64. The Bertz CT molecular complexity index is 1420. The average molecular weight is 556 g/mol. The highest BCUT2D eigenvalue weighted by atomic mass is 35.5. The van der Waals surface area contributed by atoms with Gasteiger partial charge in [0, 0.05) is 23.6 Å². The molecule has 0 bridgehead atoms. The molecule has 2 aromatic rings. The third kappa shape index (κ3) is 4.01.